The van der Waals surface area contributed by atoms with Crippen molar-refractivity contribution in [2.24, 2.45) is 0 Å². The first-order chi connectivity index (χ1) is 12.1. The van der Waals surface area contributed by atoms with Gasteiger partial charge in [-0.15, -0.1) is 0 Å². The highest BCUT2D eigenvalue weighted by atomic mass is 19.1. The molecule has 5 heteroatoms. The van der Waals surface area contributed by atoms with E-state index in [0.29, 0.717) is 29.7 Å². The van der Waals surface area contributed by atoms with Crippen molar-refractivity contribution < 1.29 is 14.1 Å². The summed E-state index contributed by atoms with van der Waals surface area (Å²) in [5, 5.41) is 10.7. The first-order valence-corrected chi connectivity index (χ1v) is 7.93. The molecule has 1 unspecified atom stereocenters. The maximum atomic E-state index is 15.1. The molecule has 1 aliphatic rings. The maximum absolute atomic E-state index is 15.1. The van der Waals surface area contributed by atoms with Gasteiger partial charge in [0.25, 0.3) is 5.69 Å². The molecule has 0 fully saturated rings. The number of halogens is 1. The summed E-state index contributed by atoms with van der Waals surface area (Å²) in [5.74, 6) is 0.108. The molecule has 0 N–H and O–H groups in total. The molecule has 25 heavy (non-hydrogen) atoms. The van der Waals surface area contributed by atoms with Gasteiger partial charge in [0, 0.05) is 30.0 Å². The van der Waals surface area contributed by atoms with E-state index in [1.165, 1.54) is 19.2 Å². The van der Waals surface area contributed by atoms with Crippen LogP contribution in [0.5, 0.6) is 5.75 Å². The lowest BCUT2D eigenvalue weighted by molar-refractivity contribution is -0.384. The van der Waals surface area contributed by atoms with Crippen LogP contribution in [0.2, 0.25) is 0 Å². The summed E-state index contributed by atoms with van der Waals surface area (Å²) in [7, 11) is 1.53. The number of nitrogens with zero attached hydrogens (tertiary/aromatic N) is 1. The highest BCUT2D eigenvalue weighted by Gasteiger charge is 2.21. The Morgan fingerprint density at radius 3 is 2.64 bits per heavy atom. The summed E-state index contributed by atoms with van der Waals surface area (Å²) < 4.78 is 20.5. The van der Waals surface area contributed by atoms with Gasteiger partial charge in [0.1, 0.15) is 11.6 Å². The van der Waals surface area contributed by atoms with Crippen LogP contribution in [-0.4, -0.2) is 12.0 Å². The molecule has 0 saturated heterocycles. The molecule has 0 spiro atoms. The lowest BCUT2D eigenvalue weighted by Gasteiger charge is -2.19. The number of benzene rings is 2. The summed E-state index contributed by atoms with van der Waals surface area (Å²) in [6, 6.07) is 9.64. The summed E-state index contributed by atoms with van der Waals surface area (Å²) >= 11 is 0. The number of non-ortho nitro benzene ring substituents is 1. The number of ether oxygens (including phenoxy) is 1. The van der Waals surface area contributed by atoms with Gasteiger partial charge in [0.15, 0.2) is 0 Å². The van der Waals surface area contributed by atoms with E-state index >= 15 is 4.39 Å². The fourth-order valence-electron chi connectivity index (χ4n) is 2.96. The zero-order valence-corrected chi connectivity index (χ0v) is 13.7. The SMILES string of the molecule is COc1ccc(Cc2ccc([N+](=O)[O-])cc2)c(F)c1C1C=[C]C=CC1. The molecule has 1 atom stereocenters. The van der Waals surface area contributed by atoms with E-state index in [2.05, 4.69) is 6.08 Å². The molecule has 2 aromatic rings. The second-order valence-corrected chi connectivity index (χ2v) is 5.83. The Bertz CT molecular complexity index is 841. The minimum absolute atomic E-state index is 0.0225. The van der Waals surface area contributed by atoms with Gasteiger partial charge >= 0.3 is 0 Å². The predicted octanol–water partition coefficient (Wildman–Crippen LogP) is 4.74. The van der Waals surface area contributed by atoms with Crippen LogP contribution in [0.3, 0.4) is 0 Å². The topological polar surface area (TPSA) is 52.4 Å². The minimum atomic E-state index is -0.449. The van der Waals surface area contributed by atoms with Crippen LogP contribution in [0, 0.1) is 22.0 Å². The molecule has 0 heterocycles. The van der Waals surface area contributed by atoms with Crippen molar-refractivity contribution in [3.05, 3.63) is 93.3 Å². The number of allylic oxidation sites excluding steroid dienone is 4. The van der Waals surface area contributed by atoms with Crippen molar-refractivity contribution in [1.82, 2.24) is 0 Å². The monoisotopic (exact) mass is 338 g/mol. The fraction of sp³-hybridized carbons (Fsp3) is 0.200. The van der Waals surface area contributed by atoms with Crippen LogP contribution < -0.4 is 4.74 Å². The van der Waals surface area contributed by atoms with Gasteiger partial charge in [0.05, 0.1) is 12.0 Å². The van der Waals surface area contributed by atoms with Crippen molar-refractivity contribution in [1.29, 1.82) is 0 Å². The smallest absolute Gasteiger partial charge is 0.269 e. The Morgan fingerprint density at radius 2 is 2.04 bits per heavy atom. The van der Waals surface area contributed by atoms with Crippen molar-refractivity contribution in [3.63, 3.8) is 0 Å². The predicted molar refractivity (Wildman–Crippen MR) is 93.2 cm³/mol. The van der Waals surface area contributed by atoms with Gasteiger partial charge in [0.2, 0.25) is 0 Å². The average Bonchev–Trinajstić information content (AvgIpc) is 2.64. The Balaban J connectivity index is 1.93. The number of hydrogen-bond donors (Lipinski definition) is 0. The summed E-state index contributed by atoms with van der Waals surface area (Å²) in [6.07, 6.45) is 9.68. The molecule has 1 radical (unpaired) electrons. The van der Waals surface area contributed by atoms with Gasteiger partial charge in [-0.05, 0) is 29.7 Å². The van der Waals surface area contributed by atoms with Crippen LogP contribution in [0.15, 0.2) is 54.6 Å². The molecular formula is C20H17FNO3. The molecule has 0 aromatic heterocycles. The van der Waals surface area contributed by atoms with Crippen LogP contribution in [0.4, 0.5) is 10.1 Å². The van der Waals surface area contributed by atoms with Gasteiger partial charge in [-0.3, -0.25) is 10.1 Å². The summed E-state index contributed by atoms with van der Waals surface area (Å²) in [5.41, 5.74) is 1.90. The maximum Gasteiger partial charge on any atom is 0.269 e. The van der Waals surface area contributed by atoms with E-state index in [1.54, 1.807) is 24.3 Å². The zero-order chi connectivity index (χ0) is 17.8. The molecule has 0 amide bonds. The number of methoxy groups -OCH3 is 1. The first kappa shape index (κ1) is 16.9. The van der Waals surface area contributed by atoms with Gasteiger partial charge in [-0.2, -0.15) is 0 Å². The normalized spacial score (nSPS) is 16.0. The second-order valence-electron chi connectivity index (χ2n) is 5.83. The number of hydrogen-bond acceptors (Lipinski definition) is 3. The quantitative estimate of drug-likeness (QED) is 0.585. The minimum Gasteiger partial charge on any atom is -0.496 e. The van der Waals surface area contributed by atoms with E-state index in [0.717, 1.165) is 5.56 Å². The Labute approximate surface area is 145 Å². The third kappa shape index (κ3) is 3.60. The Kier molecular flexibility index (Phi) is 4.93. The second kappa shape index (κ2) is 7.30. The van der Waals surface area contributed by atoms with Crippen LogP contribution in [0.1, 0.15) is 29.0 Å². The van der Waals surface area contributed by atoms with Crippen LogP contribution in [0.25, 0.3) is 0 Å². The van der Waals surface area contributed by atoms with Gasteiger partial charge in [-0.25, -0.2) is 4.39 Å². The molecule has 3 rings (SSSR count). The van der Waals surface area contributed by atoms with E-state index in [-0.39, 0.29) is 17.4 Å². The largest absolute Gasteiger partial charge is 0.496 e. The third-order valence-corrected chi connectivity index (χ3v) is 4.25. The van der Waals surface area contributed by atoms with Crippen molar-refractivity contribution in [2.75, 3.05) is 7.11 Å². The summed E-state index contributed by atoms with van der Waals surface area (Å²) in [6.45, 7) is 0. The highest BCUT2D eigenvalue weighted by Crippen LogP contribution is 2.36. The zero-order valence-electron chi connectivity index (χ0n) is 13.7. The molecule has 0 aliphatic heterocycles. The average molecular weight is 338 g/mol. The number of nitro benzene ring substituents is 1. The standard InChI is InChI=1S/C20H17FNO3/c1-25-18-12-9-16(13-14-7-10-17(11-8-14)22(23)24)20(21)19(18)15-5-3-2-4-6-15/h2-3,6-12,15H,5,13H2,1H3. The van der Waals surface area contributed by atoms with E-state index in [1.807, 2.05) is 18.2 Å². The third-order valence-electron chi connectivity index (χ3n) is 4.25. The number of rotatable bonds is 5. The lowest BCUT2D eigenvalue weighted by Crippen LogP contribution is -2.06. The highest BCUT2D eigenvalue weighted by molar-refractivity contribution is 5.45. The molecular weight excluding hydrogens is 321 g/mol. The Morgan fingerprint density at radius 1 is 1.28 bits per heavy atom. The fourth-order valence-corrected chi connectivity index (χ4v) is 2.96. The molecule has 127 valence electrons. The van der Waals surface area contributed by atoms with Crippen LogP contribution in [-0.2, 0) is 6.42 Å². The van der Waals surface area contributed by atoms with Gasteiger partial charge < -0.3 is 4.74 Å². The van der Waals surface area contributed by atoms with E-state index in [9.17, 15) is 10.1 Å². The lowest BCUT2D eigenvalue weighted by atomic mass is 9.89. The molecule has 0 saturated carbocycles. The van der Waals surface area contributed by atoms with Gasteiger partial charge in [-0.1, -0.05) is 36.4 Å². The molecule has 1 aliphatic carbocycles. The van der Waals surface area contributed by atoms with E-state index < -0.39 is 4.92 Å². The summed E-state index contributed by atoms with van der Waals surface area (Å²) in [4.78, 5) is 10.3. The molecule has 4 nitrogen and oxygen atoms in total. The van der Waals surface area contributed by atoms with Crippen molar-refractivity contribution in [3.8, 4) is 5.75 Å². The number of nitro groups is 1. The van der Waals surface area contributed by atoms with E-state index in [4.69, 9.17) is 4.74 Å². The molecule has 2 aromatic carbocycles. The van der Waals surface area contributed by atoms with Crippen molar-refractivity contribution >= 4 is 5.69 Å². The molecule has 0 bridgehead atoms. The van der Waals surface area contributed by atoms with Crippen LogP contribution >= 0.6 is 0 Å². The Hall–Kier alpha value is -2.95. The van der Waals surface area contributed by atoms with Crippen molar-refractivity contribution in [2.45, 2.75) is 18.8 Å². The first-order valence-electron chi connectivity index (χ1n) is 7.93.